The summed E-state index contributed by atoms with van der Waals surface area (Å²) in [5, 5.41) is 9.05. The van der Waals surface area contributed by atoms with Gasteiger partial charge in [0.2, 0.25) is 0 Å². The van der Waals surface area contributed by atoms with E-state index in [9.17, 15) is 0 Å². The number of likely N-dealkylation sites (N-methyl/N-ethyl adjacent to an activating group) is 1. The van der Waals surface area contributed by atoms with E-state index in [2.05, 4.69) is 32.9 Å². The smallest absolute Gasteiger partial charge is 0.132 e. The van der Waals surface area contributed by atoms with Crippen molar-refractivity contribution in [2.75, 3.05) is 38.2 Å². The molecule has 3 N–H and O–H groups in total. The van der Waals surface area contributed by atoms with Gasteiger partial charge in [-0.3, -0.25) is 0 Å². The van der Waals surface area contributed by atoms with Crippen LogP contribution in [0.15, 0.2) is 12.4 Å². The molecule has 0 unspecified atom stereocenters. The van der Waals surface area contributed by atoms with Crippen molar-refractivity contribution in [1.82, 2.24) is 14.9 Å². The van der Waals surface area contributed by atoms with E-state index in [0.717, 1.165) is 56.8 Å². The van der Waals surface area contributed by atoms with Gasteiger partial charge < -0.3 is 20.6 Å². The van der Waals surface area contributed by atoms with Crippen molar-refractivity contribution in [3.05, 3.63) is 18.1 Å². The van der Waals surface area contributed by atoms with Crippen LogP contribution in [0.2, 0.25) is 0 Å². The van der Waals surface area contributed by atoms with Crippen LogP contribution in [0.4, 0.5) is 5.82 Å². The average molecular weight is 305 g/mol. The second-order valence-corrected chi connectivity index (χ2v) is 6.65. The molecule has 0 aromatic carbocycles. The van der Waals surface area contributed by atoms with E-state index in [4.69, 9.17) is 10.8 Å². The summed E-state index contributed by atoms with van der Waals surface area (Å²) in [5.74, 6) is 1.57. The average Bonchev–Trinajstić information content (AvgIpc) is 2.52. The van der Waals surface area contributed by atoms with Crippen molar-refractivity contribution < 1.29 is 5.11 Å². The fourth-order valence-electron chi connectivity index (χ4n) is 3.54. The molecule has 1 aliphatic carbocycles. The van der Waals surface area contributed by atoms with Crippen molar-refractivity contribution in [2.24, 2.45) is 5.73 Å². The van der Waals surface area contributed by atoms with E-state index < -0.39 is 0 Å². The first-order valence-corrected chi connectivity index (χ1v) is 8.31. The van der Waals surface area contributed by atoms with Gasteiger partial charge in [-0.1, -0.05) is 0 Å². The van der Waals surface area contributed by atoms with Crippen molar-refractivity contribution in [1.29, 1.82) is 0 Å². The van der Waals surface area contributed by atoms with E-state index in [1.165, 1.54) is 0 Å². The second-order valence-electron chi connectivity index (χ2n) is 6.65. The zero-order valence-electron chi connectivity index (χ0n) is 13.4. The maximum absolute atomic E-state index is 9.05. The zero-order chi connectivity index (χ0) is 15.5. The van der Waals surface area contributed by atoms with Gasteiger partial charge in [0.25, 0.3) is 0 Å². The predicted octanol–water partition coefficient (Wildman–Crippen LogP) is 0.574. The number of anilines is 1. The number of rotatable bonds is 5. The maximum atomic E-state index is 9.05. The van der Waals surface area contributed by atoms with E-state index in [-0.39, 0.29) is 6.61 Å². The number of hydrogen-bond donors (Lipinski definition) is 2. The number of aromatic nitrogens is 2. The first-order valence-electron chi connectivity index (χ1n) is 8.31. The highest BCUT2D eigenvalue weighted by Crippen LogP contribution is 2.35. The fourth-order valence-corrected chi connectivity index (χ4v) is 3.54. The third kappa shape index (κ3) is 3.39. The lowest BCUT2D eigenvalue weighted by atomic mass is 9.78. The van der Waals surface area contributed by atoms with Crippen LogP contribution in [0.25, 0.3) is 0 Å². The van der Waals surface area contributed by atoms with Crippen molar-refractivity contribution in [3.8, 4) is 0 Å². The van der Waals surface area contributed by atoms with Gasteiger partial charge in [0, 0.05) is 49.4 Å². The molecule has 1 aromatic rings. The minimum atomic E-state index is 0.232. The SMILES string of the molecule is CN(CCO)C1CCN(c2cc(C3CC(N)C3)ncn2)CC1. The number of hydrogen-bond acceptors (Lipinski definition) is 6. The highest BCUT2D eigenvalue weighted by molar-refractivity contribution is 5.40. The van der Waals surface area contributed by atoms with E-state index >= 15 is 0 Å². The van der Waals surface area contributed by atoms with Crippen LogP contribution in [0.1, 0.15) is 37.3 Å². The lowest BCUT2D eigenvalue weighted by Gasteiger charge is -2.37. The maximum Gasteiger partial charge on any atom is 0.132 e. The topological polar surface area (TPSA) is 78.5 Å². The standard InChI is InChI=1S/C16H27N5O/c1-20(6-7-22)14-2-4-21(5-3-14)16-10-15(18-11-19-16)12-8-13(17)9-12/h10-14,22H,2-9,17H2,1H3. The number of piperidine rings is 1. The van der Waals surface area contributed by atoms with Gasteiger partial charge in [-0.2, -0.15) is 0 Å². The van der Waals surface area contributed by atoms with Crippen molar-refractivity contribution in [3.63, 3.8) is 0 Å². The minimum Gasteiger partial charge on any atom is -0.395 e. The summed E-state index contributed by atoms with van der Waals surface area (Å²) >= 11 is 0. The van der Waals surface area contributed by atoms with Crippen LogP contribution in [0.3, 0.4) is 0 Å². The number of nitrogens with zero attached hydrogens (tertiary/aromatic N) is 4. The summed E-state index contributed by atoms with van der Waals surface area (Å²) in [5.41, 5.74) is 7.02. The highest BCUT2D eigenvalue weighted by atomic mass is 16.3. The fraction of sp³-hybridized carbons (Fsp3) is 0.750. The molecule has 2 fully saturated rings. The van der Waals surface area contributed by atoms with Crippen LogP contribution in [-0.2, 0) is 0 Å². The molecule has 0 atom stereocenters. The Morgan fingerprint density at radius 1 is 1.32 bits per heavy atom. The van der Waals surface area contributed by atoms with E-state index in [1.54, 1.807) is 6.33 Å². The Morgan fingerprint density at radius 3 is 2.68 bits per heavy atom. The van der Waals surface area contributed by atoms with Gasteiger partial charge in [0.05, 0.1) is 6.61 Å². The van der Waals surface area contributed by atoms with Crippen LogP contribution in [0.5, 0.6) is 0 Å². The molecule has 0 amide bonds. The Balaban J connectivity index is 1.58. The first-order chi connectivity index (χ1) is 10.7. The third-order valence-electron chi connectivity index (χ3n) is 5.13. The Kier molecular flexibility index (Phi) is 4.90. The lowest BCUT2D eigenvalue weighted by molar-refractivity contribution is 0.161. The lowest BCUT2D eigenvalue weighted by Crippen LogP contribution is -2.44. The van der Waals surface area contributed by atoms with Crippen LogP contribution >= 0.6 is 0 Å². The van der Waals surface area contributed by atoms with E-state index in [0.29, 0.717) is 18.0 Å². The van der Waals surface area contributed by atoms with E-state index in [1.807, 2.05) is 0 Å². The Morgan fingerprint density at radius 2 is 2.05 bits per heavy atom. The second kappa shape index (κ2) is 6.89. The third-order valence-corrected chi connectivity index (χ3v) is 5.13. The number of aliphatic hydroxyl groups excluding tert-OH is 1. The molecule has 0 spiro atoms. The van der Waals surface area contributed by atoms with Gasteiger partial charge in [-0.15, -0.1) is 0 Å². The van der Waals surface area contributed by atoms with Gasteiger partial charge in [-0.05, 0) is 32.7 Å². The van der Waals surface area contributed by atoms with Crippen molar-refractivity contribution >= 4 is 5.82 Å². The van der Waals surface area contributed by atoms with Gasteiger partial charge in [0.1, 0.15) is 12.1 Å². The quantitative estimate of drug-likeness (QED) is 0.828. The van der Waals surface area contributed by atoms with Crippen LogP contribution in [-0.4, -0.2) is 65.3 Å². The minimum absolute atomic E-state index is 0.232. The molecule has 2 aliphatic rings. The summed E-state index contributed by atoms with van der Waals surface area (Å²) in [6, 6.07) is 3.06. The molecule has 122 valence electrons. The molecular weight excluding hydrogens is 278 g/mol. The zero-order valence-corrected chi connectivity index (χ0v) is 13.4. The van der Waals surface area contributed by atoms with Gasteiger partial charge in [0.15, 0.2) is 0 Å². The van der Waals surface area contributed by atoms with Crippen molar-refractivity contribution in [2.45, 2.75) is 43.7 Å². The van der Waals surface area contributed by atoms with Gasteiger partial charge in [-0.25, -0.2) is 9.97 Å². The predicted molar refractivity (Wildman–Crippen MR) is 86.9 cm³/mol. The molecule has 6 nitrogen and oxygen atoms in total. The van der Waals surface area contributed by atoms with Crippen LogP contribution < -0.4 is 10.6 Å². The molecule has 1 saturated heterocycles. The summed E-state index contributed by atoms with van der Waals surface area (Å²) < 4.78 is 0. The molecule has 1 saturated carbocycles. The van der Waals surface area contributed by atoms with Crippen LogP contribution in [0, 0.1) is 0 Å². The molecular formula is C16H27N5O. The largest absolute Gasteiger partial charge is 0.395 e. The van der Waals surface area contributed by atoms with Gasteiger partial charge >= 0.3 is 0 Å². The molecule has 3 rings (SSSR count). The molecule has 0 bridgehead atoms. The Hall–Kier alpha value is -1.24. The normalized spacial score (nSPS) is 26.3. The highest BCUT2D eigenvalue weighted by Gasteiger charge is 2.29. The Bertz CT molecular complexity index is 483. The molecule has 0 radical (unpaired) electrons. The first kappa shape index (κ1) is 15.6. The Labute approximate surface area is 132 Å². The molecule has 1 aliphatic heterocycles. The summed E-state index contributed by atoms with van der Waals surface area (Å²) in [4.78, 5) is 13.5. The summed E-state index contributed by atoms with van der Waals surface area (Å²) in [6.45, 7) is 3.02. The number of aliphatic hydroxyl groups is 1. The summed E-state index contributed by atoms with van der Waals surface area (Å²) in [7, 11) is 2.10. The molecule has 6 heteroatoms. The molecule has 2 heterocycles. The number of nitrogens with two attached hydrogens (primary N) is 1. The molecule has 22 heavy (non-hydrogen) atoms. The monoisotopic (exact) mass is 305 g/mol. The summed E-state index contributed by atoms with van der Waals surface area (Å²) in [6.07, 6.45) is 6.02. The molecule has 1 aromatic heterocycles.